The highest BCUT2D eigenvalue weighted by atomic mass is 16.5. The van der Waals surface area contributed by atoms with Gasteiger partial charge in [0.15, 0.2) is 0 Å². The summed E-state index contributed by atoms with van der Waals surface area (Å²) in [5.41, 5.74) is 2.57. The number of rotatable bonds is 2. The summed E-state index contributed by atoms with van der Waals surface area (Å²) in [5.74, 6) is 2.82. The largest absolute Gasteiger partial charge is 0.508 e. The SMILES string of the molecule is COCC1C[C@@H]2[C@H](CC[C@]3(C)C(=O)CC[C@@H]23)c2ccc(O)cc21. The molecule has 0 radical (unpaired) electrons. The van der Waals surface area contributed by atoms with Crippen molar-refractivity contribution in [3.8, 4) is 5.75 Å². The number of methoxy groups -OCH3 is 1. The fourth-order valence-corrected chi connectivity index (χ4v) is 5.84. The van der Waals surface area contributed by atoms with Crippen LogP contribution in [0.15, 0.2) is 18.2 Å². The van der Waals surface area contributed by atoms with Crippen molar-refractivity contribution in [2.24, 2.45) is 17.3 Å². The van der Waals surface area contributed by atoms with Crippen molar-refractivity contribution in [3.63, 3.8) is 0 Å². The molecular weight excluding hydrogens is 288 g/mol. The Kier molecular flexibility index (Phi) is 3.53. The third-order valence-corrected chi connectivity index (χ3v) is 6.98. The van der Waals surface area contributed by atoms with Gasteiger partial charge in [-0.1, -0.05) is 13.0 Å². The van der Waals surface area contributed by atoms with Crippen molar-refractivity contribution in [2.75, 3.05) is 13.7 Å². The van der Waals surface area contributed by atoms with Crippen LogP contribution in [0.1, 0.15) is 62.0 Å². The summed E-state index contributed by atoms with van der Waals surface area (Å²) in [4.78, 5) is 12.4. The first-order chi connectivity index (χ1) is 11.0. The van der Waals surface area contributed by atoms with E-state index in [2.05, 4.69) is 13.0 Å². The minimum atomic E-state index is -0.0901. The van der Waals surface area contributed by atoms with E-state index in [0.717, 1.165) is 32.1 Å². The average molecular weight is 314 g/mol. The Balaban J connectivity index is 1.76. The maximum absolute atomic E-state index is 12.4. The van der Waals surface area contributed by atoms with Crippen molar-refractivity contribution in [1.29, 1.82) is 0 Å². The van der Waals surface area contributed by atoms with Gasteiger partial charge < -0.3 is 9.84 Å². The quantitative estimate of drug-likeness (QED) is 0.897. The molecule has 4 rings (SSSR count). The molecule has 0 heterocycles. The number of phenols is 1. The number of hydrogen-bond acceptors (Lipinski definition) is 3. The van der Waals surface area contributed by atoms with Crippen LogP contribution in [0.3, 0.4) is 0 Å². The molecule has 0 amide bonds. The van der Waals surface area contributed by atoms with Crippen LogP contribution in [0, 0.1) is 17.3 Å². The molecule has 23 heavy (non-hydrogen) atoms. The van der Waals surface area contributed by atoms with Gasteiger partial charge in [-0.3, -0.25) is 4.79 Å². The lowest BCUT2D eigenvalue weighted by atomic mass is 9.54. The van der Waals surface area contributed by atoms with E-state index in [1.807, 2.05) is 12.1 Å². The Labute approximate surface area is 138 Å². The van der Waals surface area contributed by atoms with E-state index >= 15 is 0 Å². The molecule has 3 aliphatic rings. The molecule has 0 saturated heterocycles. The van der Waals surface area contributed by atoms with Crippen molar-refractivity contribution in [1.82, 2.24) is 0 Å². The smallest absolute Gasteiger partial charge is 0.139 e. The molecule has 5 atom stereocenters. The predicted molar refractivity (Wildman–Crippen MR) is 88.6 cm³/mol. The topological polar surface area (TPSA) is 46.5 Å². The lowest BCUT2D eigenvalue weighted by Gasteiger charge is -2.50. The van der Waals surface area contributed by atoms with Gasteiger partial charge in [0.2, 0.25) is 0 Å². The standard InChI is InChI=1S/C20H26O3/c1-20-8-7-15-14-4-3-13(21)10-16(14)12(11-23-2)9-17(15)18(20)5-6-19(20)22/h3-4,10,12,15,17-18,21H,5-9,11H2,1-2H3/t12?,15-,17-,18+,20+/m1/s1. The molecule has 0 aliphatic heterocycles. The molecular formula is C20H26O3. The average Bonchev–Trinajstić information content (AvgIpc) is 2.83. The first-order valence-electron chi connectivity index (χ1n) is 8.89. The highest BCUT2D eigenvalue weighted by Crippen LogP contribution is 2.61. The van der Waals surface area contributed by atoms with E-state index in [-0.39, 0.29) is 5.41 Å². The molecule has 3 aliphatic carbocycles. The fourth-order valence-electron chi connectivity index (χ4n) is 5.84. The van der Waals surface area contributed by atoms with Gasteiger partial charge in [-0.2, -0.15) is 0 Å². The number of fused-ring (bicyclic) bond motifs is 5. The van der Waals surface area contributed by atoms with Crippen molar-refractivity contribution < 1.29 is 14.6 Å². The summed E-state index contributed by atoms with van der Waals surface area (Å²) in [6.45, 7) is 2.90. The second kappa shape index (κ2) is 5.34. The minimum absolute atomic E-state index is 0.0901. The first kappa shape index (κ1) is 15.2. The van der Waals surface area contributed by atoms with E-state index in [1.165, 1.54) is 11.1 Å². The fraction of sp³-hybridized carbons (Fsp3) is 0.650. The minimum Gasteiger partial charge on any atom is -0.508 e. The molecule has 1 N–H and O–H groups in total. The highest BCUT2D eigenvalue weighted by Gasteiger charge is 2.55. The van der Waals surface area contributed by atoms with Crippen molar-refractivity contribution in [3.05, 3.63) is 29.3 Å². The Morgan fingerprint density at radius 2 is 2.13 bits per heavy atom. The maximum atomic E-state index is 12.4. The van der Waals surface area contributed by atoms with Gasteiger partial charge in [-0.25, -0.2) is 0 Å². The van der Waals surface area contributed by atoms with Gasteiger partial charge in [-0.05, 0) is 66.7 Å². The Morgan fingerprint density at radius 3 is 2.91 bits per heavy atom. The number of benzene rings is 1. The van der Waals surface area contributed by atoms with Gasteiger partial charge in [-0.15, -0.1) is 0 Å². The zero-order valence-corrected chi connectivity index (χ0v) is 14.0. The zero-order valence-electron chi connectivity index (χ0n) is 14.0. The second-order valence-corrected chi connectivity index (χ2v) is 8.00. The van der Waals surface area contributed by atoms with Crippen LogP contribution in [-0.4, -0.2) is 24.6 Å². The predicted octanol–water partition coefficient (Wildman–Crippen LogP) is 4.00. The number of carbonyl (C=O) groups is 1. The number of ketones is 1. The number of carbonyl (C=O) groups excluding carboxylic acids is 1. The van der Waals surface area contributed by atoms with Crippen molar-refractivity contribution >= 4 is 5.78 Å². The first-order valence-corrected chi connectivity index (χ1v) is 8.89. The van der Waals surface area contributed by atoms with Crippen molar-refractivity contribution in [2.45, 2.75) is 50.9 Å². The van der Waals surface area contributed by atoms with E-state index < -0.39 is 0 Å². The van der Waals surface area contributed by atoms with Gasteiger partial charge in [0.25, 0.3) is 0 Å². The molecule has 0 aromatic heterocycles. The van der Waals surface area contributed by atoms with Crippen LogP contribution < -0.4 is 0 Å². The van der Waals surface area contributed by atoms with E-state index in [4.69, 9.17) is 4.74 Å². The third-order valence-electron chi connectivity index (χ3n) is 6.98. The summed E-state index contributed by atoms with van der Waals surface area (Å²) < 4.78 is 5.47. The summed E-state index contributed by atoms with van der Waals surface area (Å²) in [6, 6.07) is 5.87. The monoisotopic (exact) mass is 314 g/mol. The molecule has 124 valence electrons. The van der Waals surface area contributed by atoms with Crippen LogP contribution in [0.4, 0.5) is 0 Å². The molecule has 1 aromatic carbocycles. The second-order valence-electron chi connectivity index (χ2n) is 8.00. The zero-order chi connectivity index (χ0) is 16.2. The summed E-state index contributed by atoms with van der Waals surface area (Å²) >= 11 is 0. The van der Waals surface area contributed by atoms with Crippen LogP contribution >= 0.6 is 0 Å². The molecule has 2 fully saturated rings. The molecule has 1 unspecified atom stereocenters. The number of Topliss-reactive ketones (excluding diaryl/α,β-unsaturated/α-hetero) is 1. The van der Waals surface area contributed by atoms with Gasteiger partial charge >= 0.3 is 0 Å². The van der Waals surface area contributed by atoms with Gasteiger partial charge in [0.05, 0.1) is 6.61 Å². The number of phenolic OH excluding ortho intramolecular Hbond substituents is 1. The Morgan fingerprint density at radius 1 is 1.30 bits per heavy atom. The Bertz CT molecular complexity index is 638. The molecule has 2 saturated carbocycles. The van der Waals surface area contributed by atoms with Crippen LogP contribution in [0.5, 0.6) is 5.75 Å². The molecule has 3 nitrogen and oxygen atoms in total. The lowest BCUT2D eigenvalue weighted by molar-refractivity contribution is -0.129. The lowest BCUT2D eigenvalue weighted by Crippen LogP contribution is -2.43. The van der Waals surface area contributed by atoms with Crippen LogP contribution in [0.2, 0.25) is 0 Å². The van der Waals surface area contributed by atoms with E-state index in [1.54, 1.807) is 7.11 Å². The van der Waals surface area contributed by atoms with Gasteiger partial charge in [0.1, 0.15) is 11.5 Å². The summed E-state index contributed by atoms with van der Waals surface area (Å²) in [7, 11) is 1.75. The summed E-state index contributed by atoms with van der Waals surface area (Å²) in [6.07, 6.45) is 5.03. The van der Waals surface area contributed by atoms with Crippen LogP contribution in [-0.2, 0) is 9.53 Å². The molecule has 3 heteroatoms. The van der Waals surface area contributed by atoms with E-state index in [0.29, 0.717) is 41.8 Å². The molecule has 0 bridgehead atoms. The highest BCUT2D eigenvalue weighted by molar-refractivity contribution is 5.87. The van der Waals surface area contributed by atoms with Gasteiger partial charge in [0, 0.05) is 24.9 Å². The Hall–Kier alpha value is -1.35. The summed E-state index contributed by atoms with van der Waals surface area (Å²) in [5, 5.41) is 9.91. The number of hydrogen-bond donors (Lipinski definition) is 1. The van der Waals surface area contributed by atoms with E-state index in [9.17, 15) is 9.90 Å². The maximum Gasteiger partial charge on any atom is 0.139 e. The molecule has 0 spiro atoms. The normalized spacial score (nSPS) is 38.8. The number of aromatic hydroxyl groups is 1. The van der Waals surface area contributed by atoms with Crippen LogP contribution in [0.25, 0.3) is 0 Å². The molecule has 1 aromatic rings. The number of ether oxygens (including phenoxy) is 1. The third kappa shape index (κ3) is 2.16.